The summed E-state index contributed by atoms with van der Waals surface area (Å²) in [5, 5.41) is 0. The van der Waals surface area contributed by atoms with Gasteiger partial charge in [-0.3, -0.25) is 4.79 Å². The number of nitrogens with zero attached hydrogens (tertiary/aromatic N) is 2. The molecule has 136 valence electrons. The Kier molecular flexibility index (Phi) is 6.29. The highest BCUT2D eigenvalue weighted by atomic mass is 32.2. The van der Waals surface area contributed by atoms with Gasteiger partial charge in [0.25, 0.3) is 5.91 Å². The Bertz CT molecular complexity index is 989. The second-order valence-electron chi connectivity index (χ2n) is 5.88. The van der Waals surface area contributed by atoms with Crippen LogP contribution in [0, 0.1) is 6.92 Å². The molecule has 1 aromatic heterocycles. The zero-order valence-electron chi connectivity index (χ0n) is 15.2. The number of aromatic nitrogens is 1. The summed E-state index contributed by atoms with van der Waals surface area (Å²) in [6, 6.07) is 14.0. The Balaban J connectivity index is 2.05. The molecule has 6 heteroatoms. The minimum Gasteiger partial charge on any atom is -0.383 e. The molecule has 3 rings (SSSR count). The molecular formula is C20H22N2O2S2. The van der Waals surface area contributed by atoms with E-state index in [1.165, 1.54) is 5.56 Å². The molecule has 1 heterocycles. The van der Waals surface area contributed by atoms with Gasteiger partial charge in [0.15, 0.2) is 4.80 Å². The van der Waals surface area contributed by atoms with Crippen LogP contribution in [0.5, 0.6) is 0 Å². The van der Waals surface area contributed by atoms with Crippen molar-refractivity contribution in [1.82, 2.24) is 4.57 Å². The number of thiazole rings is 1. The van der Waals surface area contributed by atoms with Crippen molar-refractivity contribution in [2.75, 3.05) is 19.5 Å². The van der Waals surface area contributed by atoms with Crippen molar-refractivity contribution in [1.29, 1.82) is 0 Å². The first-order chi connectivity index (χ1) is 12.6. The Morgan fingerprint density at radius 1 is 1.27 bits per heavy atom. The Morgan fingerprint density at radius 3 is 2.88 bits per heavy atom. The van der Waals surface area contributed by atoms with Crippen molar-refractivity contribution in [2.45, 2.75) is 25.3 Å². The number of aryl methyl sites for hydroxylation is 1. The molecule has 4 nitrogen and oxygen atoms in total. The Morgan fingerprint density at radius 2 is 2.12 bits per heavy atom. The van der Waals surface area contributed by atoms with Crippen LogP contribution in [-0.2, 0) is 11.3 Å². The number of ether oxygens (including phenoxy) is 1. The molecule has 0 saturated heterocycles. The molecule has 0 aliphatic carbocycles. The Labute approximate surface area is 161 Å². The molecular weight excluding hydrogens is 364 g/mol. The van der Waals surface area contributed by atoms with Gasteiger partial charge in [0, 0.05) is 24.1 Å². The van der Waals surface area contributed by atoms with Crippen LogP contribution in [0.25, 0.3) is 10.2 Å². The number of hydrogen-bond acceptors (Lipinski definition) is 4. The van der Waals surface area contributed by atoms with Crippen molar-refractivity contribution < 1.29 is 9.53 Å². The second kappa shape index (κ2) is 8.66. The van der Waals surface area contributed by atoms with Gasteiger partial charge in [-0.15, -0.1) is 11.8 Å². The zero-order valence-corrected chi connectivity index (χ0v) is 16.8. The van der Waals surface area contributed by atoms with Gasteiger partial charge in [-0.25, -0.2) is 0 Å². The number of carbonyl (C=O) groups excluding carboxylic acids is 1. The lowest BCUT2D eigenvalue weighted by atomic mass is 10.2. The quantitative estimate of drug-likeness (QED) is 0.586. The first-order valence-electron chi connectivity index (χ1n) is 8.53. The minimum absolute atomic E-state index is 0.210. The van der Waals surface area contributed by atoms with Gasteiger partial charge in [-0.1, -0.05) is 30.4 Å². The highest BCUT2D eigenvalue weighted by Crippen LogP contribution is 2.20. The van der Waals surface area contributed by atoms with Gasteiger partial charge in [-0.2, -0.15) is 4.99 Å². The molecule has 26 heavy (non-hydrogen) atoms. The average Bonchev–Trinajstić information content (AvgIpc) is 2.96. The molecule has 0 atom stereocenters. The number of benzene rings is 2. The van der Waals surface area contributed by atoms with E-state index in [9.17, 15) is 4.79 Å². The van der Waals surface area contributed by atoms with E-state index in [1.54, 1.807) is 30.2 Å². The van der Waals surface area contributed by atoms with Crippen molar-refractivity contribution in [3.63, 3.8) is 0 Å². The topological polar surface area (TPSA) is 43.6 Å². The number of amides is 1. The molecule has 0 spiro atoms. The molecule has 0 saturated carbocycles. The van der Waals surface area contributed by atoms with E-state index in [0.717, 1.165) is 20.9 Å². The molecule has 0 aliphatic heterocycles. The summed E-state index contributed by atoms with van der Waals surface area (Å²) in [5.41, 5.74) is 2.90. The van der Waals surface area contributed by atoms with Crippen molar-refractivity contribution in [3.8, 4) is 0 Å². The summed E-state index contributed by atoms with van der Waals surface area (Å²) >= 11 is 3.26. The molecule has 1 amide bonds. The average molecular weight is 387 g/mol. The molecule has 0 fully saturated rings. The predicted octanol–water partition coefficient (Wildman–Crippen LogP) is 4.51. The number of carbonyl (C=O) groups is 1. The van der Waals surface area contributed by atoms with Crippen molar-refractivity contribution >= 4 is 39.2 Å². The van der Waals surface area contributed by atoms with Crippen LogP contribution < -0.4 is 4.80 Å². The van der Waals surface area contributed by atoms with Gasteiger partial charge < -0.3 is 9.30 Å². The first kappa shape index (κ1) is 18.9. The van der Waals surface area contributed by atoms with Gasteiger partial charge in [0.05, 0.1) is 16.8 Å². The second-order valence-corrected chi connectivity index (χ2v) is 8.22. The van der Waals surface area contributed by atoms with Crippen LogP contribution in [0.4, 0.5) is 0 Å². The summed E-state index contributed by atoms with van der Waals surface area (Å²) in [6.45, 7) is 5.40. The van der Waals surface area contributed by atoms with Gasteiger partial charge >= 0.3 is 0 Å². The highest BCUT2D eigenvalue weighted by Gasteiger charge is 2.10. The van der Waals surface area contributed by atoms with Crippen molar-refractivity contribution in [3.05, 3.63) is 58.4 Å². The lowest BCUT2D eigenvalue weighted by Gasteiger charge is -2.04. The predicted molar refractivity (Wildman–Crippen MR) is 109 cm³/mol. The van der Waals surface area contributed by atoms with Crippen LogP contribution in [0.15, 0.2) is 52.4 Å². The highest BCUT2D eigenvalue weighted by molar-refractivity contribution is 7.99. The van der Waals surface area contributed by atoms with E-state index in [4.69, 9.17) is 4.74 Å². The third-order valence-electron chi connectivity index (χ3n) is 3.95. The van der Waals surface area contributed by atoms with E-state index < -0.39 is 0 Å². The van der Waals surface area contributed by atoms with Crippen LogP contribution in [0.2, 0.25) is 0 Å². The molecule has 3 aromatic rings. The minimum atomic E-state index is -0.210. The Hall–Kier alpha value is -1.89. The smallest absolute Gasteiger partial charge is 0.279 e. The normalized spacial score (nSPS) is 12.0. The number of hydrogen-bond donors (Lipinski definition) is 0. The maximum absolute atomic E-state index is 12.7. The van der Waals surface area contributed by atoms with Crippen LogP contribution >= 0.6 is 23.1 Å². The third kappa shape index (κ3) is 4.26. The number of methoxy groups -OCH3 is 1. The summed E-state index contributed by atoms with van der Waals surface area (Å²) < 4.78 is 8.42. The largest absolute Gasteiger partial charge is 0.383 e. The van der Waals surface area contributed by atoms with Crippen molar-refractivity contribution in [2.24, 2.45) is 4.99 Å². The van der Waals surface area contributed by atoms with Crippen LogP contribution in [-0.4, -0.2) is 29.9 Å². The summed E-state index contributed by atoms with van der Waals surface area (Å²) in [4.78, 5) is 19.0. The number of thioether (sulfide) groups is 1. The van der Waals surface area contributed by atoms with E-state index in [2.05, 4.69) is 41.6 Å². The SMILES string of the molecule is CCSc1cccc(C(=O)N=c2sc3cc(C)ccc3n2CCOC)c1. The van der Waals surface area contributed by atoms with Gasteiger partial charge in [0.1, 0.15) is 0 Å². The van der Waals surface area contributed by atoms with Crippen LogP contribution in [0.3, 0.4) is 0 Å². The molecule has 0 bridgehead atoms. The lowest BCUT2D eigenvalue weighted by Crippen LogP contribution is -2.19. The monoisotopic (exact) mass is 386 g/mol. The maximum atomic E-state index is 12.7. The lowest BCUT2D eigenvalue weighted by molar-refractivity contribution is 0.0997. The van der Waals surface area contributed by atoms with Gasteiger partial charge in [0.2, 0.25) is 0 Å². The fraction of sp³-hybridized carbons (Fsp3) is 0.300. The summed E-state index contributed by atoms with van der Waals surface area (Å²) in [7, 11) is 1.68. The third-order valence-corrected chi connectivity index (χ3v) is 5.86. The van der Waals surface area contributed by atoms with E-state index >= 15 is 0 Å². The number of fused-ring (bicyclic) bond motifs is 1. The van der Waals surface area contributed by atoms with E-state index in [-0.39, 0.29) is 5.91 Å². The molecule has 0 N–H and O–H groups in total. The molecule has 0 unspecified atom stereocenters. The number of rotatable bonds is 6. The summed E-state index contributed by atoms with van der Waals surface area (Å²) in [5.74, 6) is 0.763. The first-order valence-corrected chi connectivity index (χ1v) is 10.3. The summed E-state index contributed by atoms with van der Waals surface area (Å²) in [6.07, 6.45) is 0. The fourth-order valence-electron chi connectivity index (χ4n) is 2.70. The van der Waals surface area contributed by atoms with Crippen LogP contribution in [0.1, 0.15) is 22.8 Å². The standard InChI is InChI=1S/C20H22N2O2S2/c1-4-25-16-7-5-6-15(13-16)19(23)21-20-22(10-11-24-3)17-9-8-14(2)12-18(17)26-20/h5-9,12-13H,4,10-11H2,1-3H3. The van der Waals surface area contributed by atoms with Gasteiger partial charge in [-0.05, 0) is 48.6 Å². The molecule has 2 aromatic carbocycles. The van der Waals surface area contributed by atoms with E-state index in [1.807, 2.05) is 24.3 Å². The molecule has 0 aliphatic rings. The fourth-order valence-corrected chi connectivity index (χ4v) is 4.57. The molecule has 0 radical (unpaired) electrons. The zero-order chi connectivity index (χ0) is 18.5. The maximum Gasteiger partial charge on any atom is 0.279 e. The van der Waals surface area contributed by atoms with E-state index in [0.29, 0.717) is 23.5 Å².